The predicted molar refractivity (Wildman–Crippen MR) is 68.1 cm³/mol. The summed E-state index contributed by atoms with van der Waals surface area (Å²) in [5, 5.41) is 12.2. The first-order valence-electron chi connectivity index (χ1n) is 6.96. The van der Waals surface area contributed by atoms with Gasteiger partial charge in [0.25, 0.3) is 0 Å². The molecule has 0 saturated heterocycles. The number of aliphatic carboxylic acids is 1. The normalized spacial score (nSPS) is 24.3. The summed E-state index contributed by atoms with van der Waals surface area (Å²) < 4.78 is 0. The molecule has 2 saturated carbocycles. The lowest BCUT2D eigenvalue weighted by Crippen LogP contribution is -2.42. The largest absolute Gasteiger partial charge is 0.481 e. The van der Waals surface area contributed by atoms with E-state index in [0.29, 0.717) is 19.4 Å². The molecule has 0 aromatic heterocycles. The second-order valence-electron chi connectivity index (χ2n) is 6.41. The van der Waals surface area contributed by atoms with E-state index < -0.39 is 11.4 Å². The van der Waals surface area contributed by atoms with E-state index in [-0.39, 0.29) is 17.7 Å². The number of amides is 1. The topological polar surface area (TPSA) is 66.4 Å². The summed E-state index contributed by atoms with van der Waals surface area (Å²) >= 11 is 0. The van der Waals surface area contributed by atoms with Crippen molar-refractivity contribution in [2.45, 2.75) is 58.3 Å². The molecule has 102 valence electrons. The molecule has 4 nitrogen and oxygen atoms in total. The molecule has 0 bridgehead atoms. The van der Waals surface area contributed by atoms with Gasteiger partial charge in [0.2, 0.25) is 5.91 Å². The highest BCUT2D eigenvalue weighted by Crippen LogP contribution is 2.42. The molecule has 4 heteroatoms. The van der Waals surface area contributed by atoms with Crippen LogP contribution in [0.1, 0.15) is 58.3 Å². The van der Waals surface area contributed by atoms with Crippen molar-refractivity contribution in [2.24, 2.45) is 10.8 Å². The molecule has 2 N–H and O–H groups in total. The van der Waals surface area contributed by atoms with Crippen LogP contribution in [0.15, 0.2) is 0 Å². The molecule has 1 amide bonds. The monoisotopic (exact) mass is 253 g/mol. The lowest BCUT2D eigenvalue weighted by Gasteiger charge is -2.38. The van der Waals surface area contributed by atoms with E-state index in [4.69, 9.17) is 0 Å². The molecule has 2 aliphatic carbocycles. The minimum atomic E-state index is -0.801. The maximum absolute atomic E-state index is 11.9. The van der Waals surface area contributed by atoms with Crippen LogP contribution in [0, 0.1) is 10.8 Å². The Morgan fingerprint density at radius 1 is 1.11 bits per heavy atom. The predicted octanol–water partition coefficient (Wildman–Crippen LogP) is 2.33. The summed E-state index contributed by atoms with van der Waals surface area (Å²) in [6.07, 6.45) is 6.87. The Hall–Kier alpha value is -1.06. The highest BCUT2D eigenvalue weighted by atomic mass is 16.4. The number of hydrogen-bond donors (Lipinski definition) is 2. The standard InChI is InChI=1S/C14H23NO3/c1-13(5-4-6-13)10-15-11(16)9-14(12(17)18)7-2-3-8-14/h2-10H2,1H3,(H,15,16)(H,17,18). The average molecular weight is 253 g/mol. The molecular weight excluding hydrogens is 230 g/mol. The minimum Gasteiger partial charge on any atom is -0.481 e. The maximum Gasteiger partial charge on any atom is 0.310 e. The first kappa shape index (κ1) is 13.4. The second kappa shape index (κ2) is 4.90. The van der Waals surface area contributed by atoms with Gasteiger partial charge in [-0.3, -0.25) is 9.59 Å². The molecule has 0 radical (unpaired) electrons. The summed E-state index contributed by atoms with van der Waals surface area (Å²) in [5.74, 6) is -0.891. The Balaban J connectivity index is 1.84. The van der Waals surface area contributed by atoms with Crippen molar-refractivity contribution in [1.82, 2.24) is 5.32 Å². The number of nitrogens with one attached hydrogen (secondary N) is 1. The first-order valence-corrected chi connectivity index (χ1v) is 6.96. The minimum absolute atomic E-state index is 0.0903. The molecule has 2 rings (SSSR count). The zero-order valence-corrected chi connectivity index (χ0v) is 11.1. The van der Waals surface area contributed by atoms with Crippen LogP contribution >= 0.6 is 0 Å². The Labute approximate surface area is 108 Å². The molecule has 0 heterocycles. The van der Waals surface area contributed by atoms with Gasteiger partial charge in [-0.1, -0.05) is 26.2 Å². The number of carboxylic acid groups (broad SMARTS) is 1. The van der Waals surface area contributed by atoms with Gasteiger partial charge >= 0.3 is 5.97 Å². The van der Waals surface area contributed by atoms with Gasteiger partial charge in [0, 0.05) is 13.0 Å². The van der Waals surface area contributed by atoms with Crippen LogP contribution in [-0.2, 0) is 9.59 Å². The number of hydrogen-bond acceptors (Lipinski definition) is 2. The van der Waals surface area contributed by atoms with Gasteiger partial charge in [0.15, 0.2) is 0 Å². The van der Waals surface area contributed by atoms with Gasteiger partial charge in [0.1, 0.15) is 0 Å². The molecule has 0 aromatic rings. The van der Waals surface area contributed by atoms with E-state index >= 15 is 0 Å². The van der Waals surface area contributed by atoms with E-state index in [1.165, 1.54) is 6.42 Å². The van der Waals surface area contributed by atoms with Crippen molar-refractivity contribution in [3.63, 3.8) is 0 Å². The molecule has 0 spiro atoms. The Morgan fingerprint density at radius 3 is 2.17 bits per heavy atom. The van der Waals surface area contributed by atoms with E-state index in [1.807, 2.05) is 0 Å². The van der Waals surface area contributed by atoms with Crippen molar-refractivity contribution < 1.29 is 14.7 Å². The van der Waals surface area contributed by atoms with Gasteiger partial charge in [-0.05, 0) is 31.1 Å². The Morgan fingerprint density at radius 2 is 1.72 bits per heavy atom. The van der Waals surface area contributed by atoms with Crippen molar-refractivity contribution in [1.29, 1.82) is 0 Å². The zero-order chi connectivity index (χ0) is 13.2. The van der Waals surface area contributed by atoms with Crippen molar-refractivity contribution >= 4 is 11.9 Å². The molecular formula is C14H23NO3. The van der Waals surface area contributed by atoms with Crippen LogP contribution in [0.4, 0.5) is 0 Å². The van der Waals surface area contributed by atoms with Gasteiger partial charge in [-0.25, -0.2) is 0 Å². The third kappa shape index (κ3) is 2.68. The fourth-order valence-corrected chi connectivity index (χ4v) is 3.16. The summed E-state index contributed by atoms with van der Waals surface area (Å²) in [7, 11) is 0. The van der Waals surface area contributed by atoms with Crippen molar-refractivity contribution in [3.05, 3.63) is 0 Å². The maximum atomic E-state index is 11.9. The van der Waals surface area contributed by atoms with Crippen molar-refractivity contribution in [3.8, 4) is 0 Å². The fraction of sp³-hybridized carbons (Fsp3) is 0.857. The second-order valence-corrected chi connectivity index (χ2v) is 6.41. The van der Waals surface area contributed by atoms with E-state index in [2.05, 4.69) is 12.2 Å². The quantitative estimate of drug-likeness (QED) is 0.790. The van der Waals surface area contributed by atoms with Gasteiger partial charge < -0.3 is 10.4 Å². The van der Waals surface area contributed by atoms with Gasteiger partial charge in [-0.15, -0.1) is 0 Å². The SMILES string of the molecule is CC1(CNC(=O)CC2(C(=O)O)CCCC2)CCC1. The molecule has 0 atom stereocenters. The van der Waals surface area contributed by atoms with Crippen LogP contribution in [0.3, 0.4) is 0 Å². The van der Waals surface area contributed by atoms with Crippen LogP contribution in [0.5, 0.6) is 0 Å². The van der Waals surface area contributed by atoms with Crippen LogP contribution < -0.4 is 5.32 Å². The summed E-state index contributed by atoms with van der Waals surface area (Å²) in [4.78, 5) is 23.3. The Kier molecular flexibility index (Phi) is 3.64. The summed E-state index contributed by atoms with van der Waals surface area (Å²) in [5.41, 5.74) is -0.535. The molecule has 2 aliphatic rings. The molecule has 18 heavy (non-hydrogen) atoms. The molecule has 2 fully saturated rings. The average Bonchev–Trinajstić information content (AvgIpc) is 2.73. The molecule has 0 unspecified atom stereocenters. The van der Waals surface area contributed by atoms with E-state index in [0.717, 1.165) is 25.7 Å². The van der Waals surface area contributed by atoms with E-state index in [1.54, 1.807) is 0 Å². The molecule has 0 aromatic carbocycles. The highest BCUT2D eigenvalue weighted by molar-refractivity contribution is 5.85. The zero-order valence-electron chi connectivity index (χ0n) is 11.1. The summed E-state index contributed by atoms with van der Waals surface area (Å²) in [6.45, 7) is 2.88. The highest BCUT2D eigenvalue weighted by Gasteiger charge is 2.43. The van der Waals surface area contributed by atoms with Crippen LogP contribution in [0.2, 0.25) is 0 Å². The van der Waals surface area contributed by atoms with Crippen molar-refractivity contribution in [2.75, 3.05) is 6.54 Å². The summed E-state index contributed by atoms with van der Waals surface area (Å²) in [6, 6.07) is 0. The Bertz CT molecular complexity index is 341. The smallest absolute Gasteiger partial charge is 0.310 e. The van der Waals surface area contributed by atoms with E-state index in [9.17, 15) is 14.7 Å². The molecule has 0 aliphatic heterocycles. The number of carboxylic acids is 1. The van der Waals surface area contributed by atoms with Gasteiger partial charge in [-0.2, -0.15) is 0 Å². The number of carbonyl (C=O) groups is 2. The first-order chi connectivity index (χ1) is 8.46. The van der Waals surface area contributed by atoms with Crippen LogP contribution in [0.25, 0.3) is 0 Å². The number of carbonyl (C=O) groups excluding carboxylic acids is 1. The third-order valence-corrected chi connectivity index (χ3v) is 4.79. The van der Waals surface area contributed by atoms with Crippen LogP contribution in [-0.4, -0.2) is 23.5 Å². The number of rotatable bonds is 5. The van der Waals surface area contributed by atoms with Gasteiger partial charge in [0.05, 0.1) is 5.41 Å². The lowest BCUT2D eigenvalue weighted by molar-refractivity contribution is -0.151. The third-order valence-electron chi connectivity index (χ3n) is 4.79. The lowest BCUT2D eigenvalue weighted by atomic mass is 9.70. The fourth-order valence-electron chi connectivity index (χ4n) is 3.16.